The van der Waals surface area contributed by atoms with Crippen LogP contribution in [0.3, 0.4) is 0 Å². The van der Waals surface area contributed by atoms with Gasteiger partial charge >= 0.3 is 0 Å². The molecule has 0 aromatic rings. The maximum absolute atomic E-state index is 3.31. The zero-order chi connectivity index (χ0) is 6.27. The van der Waals surface area contributed by atoms with E-state index >= 15 is 0 Å². The van der Waals surface area contributed by atoms with Crippen LogP contribution in [0.1, 0.15) is 0 Å². The van der Waals surface area contributed by atoms with Crippen LogP contribution in [0, 0.1) is 6.54 Å². The average molecular weight is 123 g/mol. The van der Waals surface area contributed by atoms with Crippen LogP contribution in [-0.4, -0.2) is 31.6 Å². The van der Waals surface area contributed by atoms with E-state index in [0.29, 0.717) is 0 Å². The lowest BCUT2D eigenvalue weighted by molar-refractivity contribution is 0.470. The second-order valence-electron chi connectivity index (χ2n) is 2.78. The molecule has 0 atom stereocenters. The summed E-state index contributed by atoms with van der Waals surface area (Å²) in [5.74, 6) is 0. The van der Waals surface area contributed by atoms with Gasteiger partial charge in [0.05, 0.1) is 6.54 Å². The minimum absolute atomic E-state index is 1.08. The molecule has 1 radical (unpaired) electrons. The van der Waals surface area contributed by atoms with Crippen molar-refractivity contribution in [2.24, 2.45) is 0 Å². The third-order valence-corrected chi connectivity index (χ3v) is 1.92. The lowest BCUT2D eigenvalue weighted by Crippen LogP contribution is -2.19. The molecular formula is C7H11N2. The number of nitrogens with one attached hydrogen (secondary N) is 1. The molecule has 1 N–H and O–H groups in total. The van der Waals surface area contributed by atoms with Crippen molar-refractivity contribution < 1.29 is 0 Å². The summed E-state index contributed by atoms with van der Waals surface area (Å²) in [5, 5.41) is 3.31. The summed E-state index contributed by atoms with van der Waals surface area (Å²) in [6.07, 6.45) is 0. The van der Waals surface area contributed by atoms with Crippen LogP contribution < -0.4 is 5.32 Å². The van der Waals surface area contributed by atoms with Crippen molar-refractivity contribution in [3.05, 3.63) is 17.7 Å². The predicted octanol–water partition coefficient (Wildman–Crippen LogP) is -0.00661. The summed E-state index contributed by atoms with van der Waals surface area (Å²) in [6.45, 7) is 5.56. The van der Waals surface area contributed by atoms with Crippen LogP contribution in [0.2, 0.25) is 0 Å². The highest BCUT2D eigenvalue weighted by atomic mass is 15.1. The number of likely N-dealkylation sites (N-methyl/N-ethyl adjacent to an activating group) is 1. The molecule has 0 aromatic heterocycles. The first-order valence-electron chi connectivity index (χ1n) is 3.33. The van der Waals surface area contributed by atoms with E-state index in [1.165, 1.54) is 5.57 Å². The van der Waals surface area contributed by atoms with Crippen molar-refractivity contribution in [3.63, 3.8) is 0 Å². The third kappa shape index (κ3) is 0.787. The summed E-state index contributed by atoms with van der Waals surface area (Å²) < 4.78 is 0. The minimum Gasteiger partial charge on any atom is -0.309 e. The summed E-state index contributed by atoms with van der Waals surface area (Å²) in [6, 6.07) is 0. The van der Waals surface area contributed by atoms with Gasteiger partial charge in [0.15, 0.2) is 0 Å². The van der Waals surface area contributed by atoms with Gasteiger partial charge < -0.3 is 5.32 Å². The lowest BCUT2D eigenvalue weighted by Gasteiger charge is -2.08. The highest BCUT2D eigenvalue weighted by Gasteiger charge is 2.22. The predicted molar refractivity (Wildman–Crippen MR) is 36.8 cm³/mol. The number of nitrogens with zero attached hydrogens (tertiary/aromatic N) is 1. The molecule has 2 rings (SSSR count). The number of rotatable bonds is 0. The highest BCUT2D eigenvalue weighted by Crippen LogP contribution is 2.21. The fourth-order valence-corrected chi connectivity index (χ4v) is 1.49. The first-order valence-corrected chi connectivity index (χ1v) is 3.33. The first kappa shape index (κ1) is 5.45. The molecular weight excluding hydrogens is 112 g/mol. The van der Waals surface area contributed by atoms with Crippen molar-refractivity contribution in [2.45, 2.75) is 0 Å². The Hall–Kier alpha value is -0.340. The van der Waals surface area contributed by atoms with Gasteiger partial charge in [-0.05, 0) is 18.2 Å². The molecule has 0 aromatic carbocycles. The Morgan fingerprint density at radius 2 is 2.44 bits per heavy atom. The van der Waals surface area contributed by atoms with Crippen molar-refractivity contribution in [1.29, 1.82) is 0 Å². The number of hydrogen-bond donors (Lipinski definition) is 1. The quantitative estimate of drug-likeness (QED) is 0.487. The Morgan fingerprint density at radius 1 is 1.56 bits per heavy atom. The Morgan fingerprint density at radius 3 is 3.22 bits per heavy atom. The molecule has 2 nitrogen and oxygen atoms in total. The van der Waals surface area contributed by atoms with Gasteiger partial charge in [-0.2, -0.15) is 0 Å². The zero-order valence-corrected chi connectivity index (χ0v) is 5.65. The highest BCUT2D eigenvalue weighted by molar-refractivity contribution is 5.34. The third-order valence-electron chi connectivity index (χ3n) is 1.92. The van der Waals surface area contributed by atoms with E-state index in [4.69, 9.17) is 0 Å². The van der Waals surface area contributed by atoms with Crippen molar-refractivity contribution in [2.75, 3.05) is 26.7 Å². The molecule has 49 valence electrons. The lowest BCUT2D eigenvalue weighted by atomic mass is 10.2. The average Bonchev–Trinajstić information content (AvgIpc) is 2.22. The SMILES string of the molecule is CN1[CH]C2=C(CNC2)C1. The molecule has 2 heterocycles. The molecule has 0 aliphatic carbocycles. The maximum atomic E-state index is 3.31. The fraction of sp³-hybridized carbons (Fsp3) is 0.571. The summed E-state index contributed by atoms with van der Waals surface area (Å²) in [5.41, 5.74) is 3.09. The molecule has 0 unspecified atom stereocenters. The second kappa shape index (κ2) is 1.82. The van der Waals surface area contributed by atoms with E-state index in [-0.39, 0.29) is 0 Å². The van der Waals surface area contributed by atoms with Gasteiger partial charge in [-0.3, -0.25) is 4.90 Å². The first-order chi connectivity index (χ1) is 4.36. The standard InChI is InChI=1S/C7H11N2/c1-9-4-6-2-8-3-7(6)5-9/h4,8H,2-3,5H2,1H3. The van der Waals surface area contributed by atoms with Crippen LogP contribution >= 0.6 is 0 Å². The smallest absolute Gasteiger partial charge is 0.0518 e. The van der Waals surface area contributed by atoms with Gasteiger partial charge in [0.1, 0.15) is 0 Å². The van der Waals surface area contributed by atoms with Crippen LogP contribution in [0.25, 0.3) is 0 Å². The molecule has 2 aliphatic rings. The zero-order valence-electron chi connectivity index (χ0n) is 5.65. The second-order valence-corrected chi connectivity index (χ2v) is 2.78. The maximum Gasteiger partial charge on any atom is 0.0518 e. The topological polar surface area (TPSA) is 15.3 Å². The summed E-state index contributed by atoms with van der Waals surface area (Å²) in [7, 11) is 2.12. The van der Waals surface area contributed by atoms with Crippen molar-refractivity contribution in [3.8, 4) is 0 Å². The van der Waals surface area contributed by atoms with Gasteiger partial charge in [0, 0.05) is 19.6 Å². The molecule has 0 bridgehead atoms. The Bertz CT molecular complexity index is 144. The van der Waals surface area contributed by atoms with E-state index in [1.807, 2.05) is 0 Å². The minimum atomic E-state index is 1.08. The fourth-order valence-electron chi connectivity index (χ4n) is 1.49. The van der Waals surface area contributed by atoms with E-state index in [9.17, 15) is 0 Å². The van der Waals surface area contributed by atoms with Crippen LogP contribution in [0.5, 0.6) is 0 Å². The van der Waals surface area contributed by atoms with Gasteiger partial charge in [-0.25, -0.2) is 0 Å². The Kier molecular flexibility index (Phi) is 1.10. The molecule has 2 aliphatic heterocycles. The molecule has 0 saturated heterocycles. The van der Waals surface area contributed by atoms with Crippen LogP contribution in [0.4, 0.5) is 0 Å². The monoisotopic (exact) mass is 123 g/mol. The largest absolute Gasteiger partial charge is 0.309 e. The van der Waals surface area contributed by atoms with Gasteiger partial charge in [0.25, 0.3) is 0 Å². The number of hydrogen-bond acceptors (Lipinski definition) is 2. The van der Waals surface area contributed by atoms with Crippen molar-refractivity contribution in [1.82, 2.24) is 10.2 Å². The van der Waals surface area contributed by atoms with Crippen LogP contribution in [0.15, 0.2) is 11.1 Å². The Balaban J connectivity index is 2.15. The molecule has 0 fully saturated rings. The summed E-state index contributed by atoms with van der Waals surface area (Å²) >= 11 is 0. The molecule has 2 heteroatoms. The molecule has 0 spiro atoms. The normalized spacial score (nSPS) is 27.7. The van der Waals surface area contributed by atoms with E-state index < -0.39 is 0 Å². The molecule has 0 saturated carbocycles. The van der Waals surface area contributed by atoms with Crippen molar-refractivity contribution >= 4 is 0 Å². The molecule has 9 heavy (non-hydrogen) atoms. The summed E-state index contributed by atoms with van der Waals surface area (Å²) in [4.78, 5) is 2.24. The van der Waals surface area contributed by atoms with E-state index in [1.54, 1.807) is 5.57 Å². The van der Waals surface area contributed by atoms with Gasteiger partial charge in [-0.15, -0.1) is 0 Å². The molecule has 0 amide bonds. The van der Waals surface area contributed by atoms with Gasteiger partial charge in [-0.1, -0.05) is 0 Å². The van der Waals surface area contributed by atoms with Crippen LogP contribution in [-0.2, 0) is 0 Å². The Labute approximate surface area is 55.5 Å². The van der Waals surface area contributed by atoms with Gasteiger partial charge in [0.2, 0.25) is 0 Å². The van der Waals surface area contributed by atoms with E-state index in [2.05, 4.69) is 23.8 Å². The van der Waals surface area contributed by atoms with E-state index in [0.717, 1.165) is 19.6 Å².